The predicted octanol–water partition coefficient (Wildman–Crippen LogP) is 5.13. The van der Waals surface area contributed by atoms with E-state index in [1.807, 2.05) is 4.90 Å². The highest BCUT2D eigenvalue weighted by molar-refractivity contribution is 6.43. The zero-order valence-electron chi connectivity index (χ0n) is 17.1. The molecule has 1 aliphatic heterocycles. The molecule has 0 radical (unpaired) electrons. The maximum atomic E-state index is 12.9. The van der Waals surface area contributed by atoms with E-state index in [2.05, 4.69) is 0 Å². The third kappa shape index (κ3) is 4.24. The smallest absolute Gasteiger partial charge is 0.296 e. The summed E-state index contributed by atoms with van der Waals surface area (Å²) in [5.74, 6) is 0.814. The van der Waals surface area contributed by atoms with E-state index in [1.165, 1.54) is 13.2 Å². The van der Waals surface area contributed by atoms with Gasteiger partial charge in [-0.1, -0.05) is 29.3 Å². The average molecular weight is 476 g/mol. The van der Waals surface area contributed by atoms with Crippen molar-refractivity contribution in [2.24, 2.45) is 0 Å². The number of halogens is 2. The zero-order valence-corrected chi connectivity index (χ0v) is 18.6. The van der Waals surface area contributed by atoms with E-state index in [0.717, 1.165) is 0 Å². The fourth-order valence-corrected chi connectivity index (χ4v) is 4.04. The Bertz CT molecular complexity index is 1170. The number of amides is 1. The van der Waals surface area contributed by atoms with Gasteiger partial charge in [-0.2, -0.15) is 0 Å². The second kappa shape index (κ2) is 9.10. The van der Waals surface area contributed by atoms with Gasteiger partial charge in [-0.15, -0.1) is 0 Å². The fraction of sp³-hybridized carbons (Fsp3) is 0.227. The Morgan fingerprint density at radius 1 is 1.09 bits per heavy atom. The van der Waals surface area contributed by atoms with Gasteiger partial charge in [-0.05, 0) is 36.4 Å². The molecule has 32 heavy (non-hydrogen) atoms. The van der Waals surface area contributed by atoms with Crippen molar-refractivity contribution < 1.29 is 18.9 Å². The Morgan fingerprint density at radius 3 is 2.53 bits per heavy atom. The minimum atomic E-state index is -0.430. The molecule has 0 aliphatic carbocycles. The summed E-state index contributed by atoms with van der Waals surface area (Å²) in [4.78, 5) is 27.5. The summed E-state index contributed by atoms with van der Waals surface area (Å²) >= 11 is 12.3. The predicted molar refractivity (Wildman–Crippen MR) is 122 cm³/mol. The molecule has 4 rings (SSSR count). The molecule has 0 saturated carbocycles. The molecule has 0 bridgehead atoms. The minimum absolute atomic E-state index is 0.0294. The molecule has 0 spiro atoms. The lowest BCUT2D eigenvalue weighted by Gasteiger charge is -2.35. The summed E-state index contributed by atoms with van der Waals surface area (Å²) in [5.41, 5.74) is 1.08. The summed E-state index contributed by atoms with van der Waals surface area (Å²) in [6.45, 7) is 1.70. The number of furan rings is 1. The van der Waals surface area contributed by atoms with Gasteiger partial charge in [0, 0.05) is 31.7 Å². The van der Waals surface area contributed by atoms with E-state index in [-0.39, 0.29) is 17.4 Å². The van der Waals surface area contributed by atoms with Crippen molar-refractivity contribution in [3.63, 3.8) is 0 Å². The van der Waals surface area contributed by atoms with Crippen LogP contribution in [0.2, 0.25) is 10.0 Å². The van der Waals surface area contributed by atoms with E-state index >= 15 is 0 Å². The first-order valence-electron chi connectivity index (χ1n) is 9.80. The molecule has 8 nitrogen and oxygen atoms in total. The Morgan fingerprint density at radius 2 is 1.84 bits per heavy atom. The second-order valence-corrected chi connectivity index (χ2v) is 7.94. The van der Waals surface area contributed by atoms with Crippen LogP contribution in [0.25, 0.3) is 11.3 Å². The number of ether oxygens (including phenoxy) is 1. The summed E-state index contributed by atoms with van der Waals surface area (Å²) in [6, 6.07) is 13.2. The lowest BCUT2D eigenvalue weighted by molar-refractivity contribution is -0.384. The Balaban J connectivity index is 1.46. The van der Waals surface area contributed by atoms with Crippen LogP contribution in [0.3, 0.4) is 0 Å². The van der Waals surface area contributed by atoms with Crippen LogP contribution in [0.15, 0.2) is 52.9 Å². The van der Waals surface area contributed by atoms with E-state index in [4.69, 9.17) is 32.4 Å². The largest absolute Gasteiger partial charge is 0.496 e. The molecular weight excluding hydrogens is 457 g/mol. The molecule has 0 unspecified atom stereocenters. The summed E-state index contributed by atoms with van der Waals surface area (Å²) in [7, 11) is 1.46. The molecule has 1 saturated heterocycles. The molecule has 166 valence electrons. The fourth-order valence-electron chi connectivity index (χ4n) is 3.64. The number of methoxy groups -OCH3 is 1. The molecule has 0 N–H and O–H groups in total. The number of nitro benzene ring substituents is 1. The van der Waals surface area contributed by atoms with Gasteiger partial charge in [0.15, 0.2) is 5.76 Å². The van der Waals surface area contributed by atoms with Gasteiger partial charge >= 0.3 is 0 Å². The average Bonchev–Trinajstić information content (AvgIpc) is 3.30. The number of anilines is 1. The van der Waals surface area contributed by atoms with E-state index in [1.54, 1.807) is 47.4 Å². The number of nitrogens with zero attached hydrogens (tertiary/aromatic N) is 3. The van der Waals surface area contributed by atoms with Crippen LogP contribution in [0.5, 0.6) is 5.75 Å². The van der Waals surface area contributed by atoms with Crippen molar-refractivity contribution in [2.45, 2.75) is 0 Å². The molecular formula is C22H19Cl2N3O5. The molecule has 2 aromatic carbocycles. The number of piperazine rings is 1. The molecule has 0 atom stereocenters. The van der Waals surface area contributed by atoms with Gasteiger partial charge in [0.1, 0.15) is 17.2 Å². The summed E-state index contributed by atoms with van der Waals surface area (Å²) in [5, 5.41) is 12.2. The van der Waals surface area contributed by atoms with E-state index < -0.39 is 4.92 Å². The van der Waals surface area contributed by atoms with Crippen LogP contribution < -0.4 is 9.64 Å². The van der Waals surface area contributed by atoms with E-state index in [9.17, 15) is 14.9 Å². The lowest BCUT2D eigenvalue weighted by Crippen LogP contribution is -2.48. The summed E-state index contributed by atoms with van der Waals surface area (Å²) < 4.78 is 10.8. The van der Waals surface area contributed by atoms with Crippen molar-refractivity contribution in [3.8, 4) is 17.1 Å². The first-order valence-corrected chi connectivity index (χ1v) is 10.6. The maximum absolute atomic E-state index is 12.9. The van der Waals surface area contributed by atoms with Gasteiger partial charge in [0.05, 0.1) is 28.1 Å². The highest BCUT2D eigenvalue weighted by Crippen LogP contribution is 2.35. The number of carbonyl (C=O) groups excluding carboxylic acids is 1. The monoisotopic (exact) mass is 475 g/mol. The lowest BCUT2D eigenvalue weighted by atomic mass is 10.2. The maximum Gasteiger partial charge on any atom is 0.296 e. The molecule has 1 amide bonds. The first kappa shape index (κ1) is 22.0. The molecule has 3 aromatic rings. The SMILES string of the molecule is COc1ccc(N2CCN(C(=O)c3ccc(-c4cccc(Cl)c4Cl)o3)CC2)c([N+](=O)[O-])c1. The summed E-state index contributed by atoms with van der Waals surface area (Å²) in [6.07, 6.45) is 0. The highest BCUT2D eigenvalue weighted by atomic mass is 35.5. The first-order chi connectivity index (χ1) is 15.4. The van der Waals surface area contributed by atoms with Crippen LogP contribution in [0.1, 0.15) is 10.6 Å². The topological polar surface area (TPSA) is 89.1 Å². The molecule has 1 fully saturated rings. The van der Waals surface area contributed by atoms with Gasteiger partial charge in [0.2, 0.25) is 0 Å². The van der Waals surface area contributed by atoms with Crippen molar-refractivity contribution in [2.75, 3.05) is 38.2 Å². The minimum Gasteiger partial charge on any atom is -0.496 e. The third-order valence-electron chi connectivity index (χ3n) is 5.32. The van der Waals surface area contributed by atoms with Crippen LogP contribution in [0, 0.1) is 10.1 Å². The zero-order chi connectivity index (χ0) is 22.8. The second-order valence-electron chi connectivity index (χ2n) is 7.16. The van der Waals surface area contributed by atoms with Crippen LogP contribution >= 0.6 is 23.2 Å². The Hall–Kier alpha value is -3.23. The van der Waals surface area contributed by atoms with Crippen LogP contribution in [-0.2, 0) is 0 Å². The Kier molecular flexibility index (Phi) is 6.25. The van der Waals surface area contributed by atoms with Crippen molar-refractivity contribution in [3.05, 3.63) is 74.5 Å². The number of carbonyl (C=O) groups is 1. The number of benzene rings is 2. The van der Waals surface area contributed by atoms with Gasteiger partial charge in [-0.3, -0.25) is 14.9 Å². The highest BCUT2D eigenvalue weighted by Gasteiger charge is 2.28. The third-order valence-corrected chi connectivity index (χ3v) is 6.14. The van der Waals surface area contributed by atoms with Crippen LogP contribution in [0.4, 0.5) is 11.4 Å². The standard InChI is InChI=1S/C22H19Cl2N3O5/c1-31-14-5-6-17(18(13-14)27(29)30)25-9-11-26(12-10-25)22(28)20-8-7-19(32-20)15-3-2-4-16(23)21(15)24/h2-8,13H,9-12H2,1H3. The van der Waals surface area contributed by atoms with Crippen molar-refractivity contribution in [1.82, 2.24) is 4.90 Å². The van der Waals surface area contributed by atoms with Gasteiger partial charge in [-0.25, -0.2) is 0 Å². The normalized spacial score (nSPS) is 13.8. The number of nitro groups is 1. The quantitative estimate of drug-likeness (QED) is 0.375. The number of hydrogen-bond donors (Lipinski definition) is 0. The van der Waals surface area contributed by atoms with Gasteiger partial charge in [0.25, 0.3) is 11.6 Å². The molecule has 1 aliphatic rings. The number of hydrogen-bond acceptors (Lipinski definition) is 6. The van der Waals surface area contributed by atoms with Gasteiger partial charge < -0.3 is 19.0 Å². The van der Waals surface area contributed by atoms with Crippen LogP contribution in [-0.4, -0.2) is 49.0 Å². The Labute approximate surface area is 194 Å². The van der Waals surface area contributed by atoms with Crippen molar-refractivity contribution >= 4 is 40.5 Å². The molecule has 2 heterocycles. The molecule has 1 aromatic heterocycles. The molecule has 10 heteroatoms. The van der Waals surface area contributed by atoms with E-state index in [0.29, 0.717) is 59.0 Å². The number of rotatable bonds is 5. The van der Waals surface area contributed by atoms with Crippen molar-refractivity contribution in [1.29, 1.82) is 0 Å².